The van der Waals surface area contributed by atoms with Gasteiger partial charge in [0.25, 0.3) is 0 Å². The molecule has 7 aromatic carbocycles. The number of anilines is 3. The number of para-hydroxylation sites is 1. The van der Waals surface area contributed by atoms with Crippen LogP contribution < -0.4 is 4.90 Å². The lowest BCUT2D eigenvalue weighted by Gasteiger charge is -2.25. The van der Waals surface area contributed by atoms with Crippen LogP contribution in [0.15, 0.2) is 158 Å². The number of benzene rings is 7. The number of rotatable bonds is 4. The lowest BCUT2D eigenvalue weighted by atomic mass is 9.94. The molecule has 44 heavy (non-hydrogen) atoms. The van der Waals surface area contributed by atoms with Gasteiger partial charge in [-0.25, -0.2) is 0 Å². The van der Waals surface area contributed by atoms with E-state index in [1.165, 1.54) is 63.6 Å². The van der Waals surface area contributed by atoms with Crippen LogP contribution >= 0.6 is 11.3 Å². The molecule has 0 aliphatic carbocycles. The standard InChI is InChI=1S/C41H26N2S/c1-2-9-32(10-3-1)43(38-26-42-25-37-36-12-6-7-13-39(36)44-41(37)38)33-21-18-27(19-22-33)30-20-23-35-31(24-30)17-16-29-15-14-28-8-4-5-11-34(28)40(29)35/h1-26H. The SMILES string of the molecule is c1ccc(N(c2ccc(-c3ccc4c(ccc5ccc6ccccc6c54)c3)cc2)c2cncc3c2sc2ccccc23)cc1. The molecule has 0 N–H and O–H groups in total. The van der Waals surface area contributed by atoms with Gasteiger partial charge in [-0.1, -0.05) is 109 Å². The first-order valence-electron chi connectivity index (χ1n) is 14.9. The average Bonchev–Trinajstić information content (AvgIpc) is 3.48. The summed E-state index contributed by atoms with van der Waals surface area (Å²) in [5.41, 5.74) is 5.71. The average molecular weight is 579 g/mol. The van der Waals surface area contributed by atoms with Crippen molar-refractivity contribution in [3.8, 4) is 11.1 Å². The van der Waals surface area contributed by atoms with E-state index < -0.39 is 0 Å². The number of pyridine rings is 1. The summed E-state index contributed by atoms with van der Waals surface area (Å²) < 4.78 is 2.51. The third-order valence-electron chi connectivity index (χ3n) is 8.71. The highest BCUT2D eigenvalue weighted by Crippen LogP contribution is 2.44. The molecule has 0 atom stereocenters. The summed E-state index contributed by atoms with van der Waals surface area (Å²) in [6.07, 6.45) is 3.99. The summed E-state index contributed by atoms with van der Waals surface area (Å²) in [6, 6.07) is 52.6. The maximum atomic E-state index is 4.71. The molecule has 2 aromatic heterocycles. The van der Waals surface area contributed by atoms with Gasteiger partial charge in [0, 0.05) is 33.0 Å². The molecule has 0 saturated heterocycles. The minimum absolute atomic E-state index is 1.09. The summed E-state index contributed by atoms with van der Waals surface area (Å²) >= 11 is 1.83. The predicted molar refractivity (Wildman–Crippen MR) is 190 cm³/mol. The Kier molecular flexibility index (Phi) is 5.71. The van der Waals surface area contributed by atoms with Gasteiger partial charge in [0.2, 0.25) is 0 Å². The van der Waals surface area contributed by atoms with Gasteiger partial charge in [-0.3, -0.25) is 4.98 Å². The number of aromatic nitrogens is 1. The van der Waals surface area contributed by atoms with Gasteiger partial charge in [-0.2, -0.15) is 0 Å². The molecule has 0 unspecified atom stereocenters. The molecule has 0 saturated carbocycles. The Labute approximate surface area is 259 Å². The molecule has 0 fully saturated rings. The molecule has 0 aliphatic heterocycles. The van der Waals surface area contributed by atoms with Gasteiger partial charge in [0.1, 0.15) is 0 Å². The molecule has 0 bridgehead atoms. The second-order valence-corrected chi connectivity index (χ2v) is 12.3. The molecule has 0 amide bonds. The van der Waals surface area contributed by atoms with Crippen LogP contribution in [0.2, 0.25) is 0 Å². The molecule has 9 aromatic rings. The zero-order valence-corrected chi connectivity index (χ0v) is 24.6. The Balaban J connectivity index is 1.16. The van der Waals surface area contributed by atoms with Crippen LogP contribution in [0.3, 0.4) is 0 Å². The highest BCUT2D eigenvalue weighted by molar-refractivity contribution is 7.26. The summed E-state index contributed by atoms with van der Waals surface area (Å²) in [7, 11) is 0. The summed E-state index contributed by atoms with van der Waals surface area (Å²) in [5.74, 6) is 0. The summed E-state index contributed by atoms with van der Waals surface area (Å²) in [4.78, 5) is 7.03. The molecule has 0 aliphatic rings. The van der Waals surface area contributed by atoms with Crippen molar-refractivity contribution in [2.24, 2.45) is 0 Å². The third kappa shape index (κ3) is 3.98. The zero-order chi connectivity index (χ0) is 29.0. The van der Waals surface area contributed by atoms with Gasteiger partial charge in [0.15, 0.2) is 0 Å². The van der Waals surface area contributed by atoms with Crippen LogP contribution in [0.4, 0.5) is 17.1 Å². The first kappa shape index (κ1) is 25.0. The number of hydrogen-bond donors (Lipinski definition) is 0. The Morgan fingerprint density at radius 2 is 1.11 bits per heavy atom. The van der Waals surface area contributed by atoms with E-state index in [0.29, 0.717) is 0 Å². The lowest BCUT2D eigenvalue weighted by molar-refractivity contribution is 1.26. The van der Waals surface area contributed by atoms with Crippen LogP contribution in [0.25, 0.3) is 63.6 Å². The molecule has 3 heteroatoms. The van der Waals surface area contributed by atoms with Crippen molar-refractivity contribution >= 4 is 80.9 Å². The Bertz CT molecular complexity index is 2490. The van der Waals surface area contributed by atoms with Gasteiger partial charge in [-0.05, 0) is 79.8 Å². The highest BCUT2D eigenvalue weighted by atomic mass is 32.1. The van der Waals surface area contributed by atoms with Crippen LogP contribution in [-0.4, -0.2) is 4.98 Å². The van der Waals surface area contributed by atoms with Crippen LogP contribution in [0.1, 0.15) is 0 Å². The van der Waals surface area contributed by atoms with Crippen molar-refractivity contribution in [3.05, 3.63) is 158 Å². The summed E-state index contributed by atoms with van der Waals surface area (Å²) in [5, 5.41) is 10.2. The van der Waals surface area contributed by atoms with Crippen molar-refractivity contribution in [1.82, 2.24) is 4.98 Å². The second kappa shape index (κ2) is 10.0. The van der Waals surface area contributed by atoms with E-state index in [-0.39, 0.29) is 0 Å². The number of hydrogen-bond acceptors (Lipinski definition) is 3. The third-order valence-corrected chi connectivity index (χ3v) is 9.91. The largest absolute Gasteiger partial charge is 0.308 e. The van der Waals surface area contributed by atoms with Gasteiger partial charge in [-0.15, -0.1) is 11.3 Å². The van der Waals surface area contributed by atoms with Crippen molar-refractivity contribution in [3.63, 3.8) is 0 Å². The molecule has 206 valence electrons. The zero-order valence-electron chi connectivity index (χ0n) is 23.8. The topological polar surface area (TPSA) is 16.1 Å². The molecular formula is C41H26N2S. The van der Waals surface area contributed by atoms with E-state index in [4.69, 9.17) is 4.98 Å². The van der Waals surface area contributed by atoms with Crippen LogP contribution in [0.5, 0.6) is 0 Å². The van der Waals surface area contributed by atoms with Gasteiger partial charge >= 0.3 is 0 Å². The maximum Gasteiger partial charge on any atom is 0.0824 e. The molecule has 9 rings (SSSR count). The lowest BCUT2D eigenvalue weighted by Crippen LogP contribution is -2.10. The van der Waals surface area contributed by atoms with E-state index in [1.54, 1.807) is 0 Å². The van der Waals surface area contributed by atoms with Crippen molar-refractivity contribution in [2.45, 2.75) is 0 Å². The number of thiophene rings is 1. The van der Waals surface area contributed by atoms with E-state index in [9.17, 15) is 0 Å². The normalized spacial score (nSPS) is 11.6. The van der Waals surface area contributed by atoms with E-state index in [1.807, 2.05) is 23.7 Å². The Morgan fingerprint density at radius 3 is 1.98 bits per heavy atom. The fourth-order valence-corrected chi connectivity index (χ4v) is 7.78. The molecule has 0 radical (unpaired) electrons. The van der Waals surface area contributed by atoms with E-state index >= 15 is 0 Å². The quantitative estimate of drug-likeness (QED) is 0.193. The monoisotopic (exact) mass is 578 g/mol. The summed E-state index contributed by atoms with van der Waals surface area (Å²) in [6.45, 7) is 0. The maximum absolute atomic E-state index is 4.71. The van der Waals surface area contributed by atoms with E-state index in [2.05, 4.69) is 150 Å². The fraction of sp³-hybridized carbons (Fsp3) is 0. The Morgan fingerprint density at radius 1 is 0.455 bits per heavy atom. The Hall–Kier alpha value is -5.51. The van der Waals surface area contributed by atoms with Gasteiger partial charge in [0.05, 0.1) is 16.6 Å². The minimum atomic E-state index is 1.09. The smallest absolute Gasteiger partial charge is 0.0824 e. The van der Waals surface area contributed by atoms with E-state index in [0.717, 1.165) is 17.1 Å². The minimum Gasteiger partial charge on any atom is -0.308 e. The molecular weight excluding hydrogens is 553 g/mol. The van der Waals surface area contributed by atoms with Gasteiger partial charge < -0.3 is 4.90 Å². The molecule has 0 spiro atoms. The molecule has 2 nitrogen and oxygen atoms in total. The van der Waals surface area contributed by atoms with Crippen molar-refractivity contribution < 1.29 is 0 Å². The number of fused-ring (bicyclic) bond motifs is 8. The van der Waals surface area contributed by atoms with Crippen LogP contribution in [0, 0.1) is 0 Å². The first-order valence-corrected chi connectivity index (χ1v) is 15.7. The number of nitrogens with zero attached hydrogens (tertiary/aromatic N) is 2. The van der Waals surface area contributed by atoms with Crippen molar-refractivity contribution in [1.29, 1.82) is 0 Å². The second-order valence-electron chi connectivity index (χ2n) is 11.2. The fourth-order valence-electron chi connectivity index (χ4n) is 6.61. The predicted octanol–water partition coefficient (Wildman–Crippen LogP) is 12.0. The van der Waals surface area contributed by atoms with Crippen molar-refractivity contribution in [2.75, 3.05) is 4.90 Å². The van der Waals surface area contributed by atoms with Crippen LogP contribution in [-0.2, 0) is 0 Å². The molecule has 2 heterocycles. The highest BCUT2D eigenvalue weighted by Gasteiger charge is 2.18. The first-order chi connectivity index (χ1) is 21.8.